The Kier molecular flexibility index (Phi) is 6.59. The van der Waals surface area contributed by atoms with E-state index in [1.54, 1.807) is 42.7 Å². The molecule has 0 amide bonds. The molecule has 0 bridgehead atoms. The molecule has 0 radical (unpaired) electrons. The molecular weight excluding hydrogens is 505 g/mol. The van der Waals surface area contributed by atoms with Gasteiger partial charge in [0.15, 0.2) is 11.2 Å². The summed E-state index contributed by atoms with van der Waals surface area (Å²) < 4.78 is 49.2. The van der Waals surface area contributed by atoms with E-state index in [9.17, 15) is 22.8 Å². The SMILES string of the molecule is Cc1csc2nc(/C=C/c3cccc(C=O)c3OCC3CC3)c(-c3ccc(OC(F)(F)F)cc3)c(=O)n12. The number of benzene rings is 2. The van der Waals surface area contributed by atoms with Crippen LogP contribution in [-0.4, -0.2) is 28.6 Å². The maximum absolute atomic E-state index is 13.5. The van der Waals surface area contributed by atoms with Gasteiger partial charge in [0, 0.05) is 16.6 Å². The van der Waals surface area contributed by atoms with Crippen LogP contribution < -0.4 is 15.0 Å². The van der Waals surface area contributed by atoms with Crippen LogP contribution in [0.4, 0.5) is 13.2 Å². The molecule has 0 unspecified atom stereocenters. The first-order valence-electron chi connectivity index (χ1n) is 11.5. The maximum atomic E-state index is 13.5. The first-order valence-corrected chi connectivity index (χ1v) is 12.4. The fraction of sp³-hybridized carbons (Fsp3) is 0.222. The van der Waals surface area contributed by atoms with E-state index in [1.807, 2.05) is 0 Å². The van der Waals surface area contributed by atoms with Crippen molar-refractivity contribution in [2.75, 3.05) is 6.61 Å². The lowest BCUT2D eigenvalue weighted by Crippen LogP contribution is -2.19. The largest absolute Gasteiger partial charge is 0.573 e. The van der Waals surface area contributed by atoms with E-state index in [4.69, 9.17) is 4.74 Å². The van der Waals surface area contributed by atoms with Crippen LogP contribution in [0, 0.1) is 12.8 Å². The number of para-hydroxylation sites is 1. The minimum Gasteiger partial charge on any atom is -0.492 e. The molecule has 2 heterocycles. The van der Waals surface area contributed by atoms with E-state index >= 15 is 0 Å². The summed E-state index contributed by atoms with van der Waals surface area (Å²) in [5, 5.41) is 1.80. The van der Waals surface area contributed by atoms with Crippen LogP contribution in [0.25, 0.3) is 28.2 Å². The molecule has 1 aliphatic carbocycles. The van der Waals surface area contributed by atoms with Crippen molar-refractivity contribution >= 4 is 34.7 Å². The van der Waals surface area contributed by atoms with E-state index in [0.717, 1.165) is 31.3 Å². The van der Waals surface area contributed by atoms with Crippen LogP contribution in [0.3, 0.4) is 0 Å². The van der Waals surface area contributed by atoms with Gasteiger partial charge in [-0.15, -0.1) is 24.5 Å². The smallest absolute Gasteiger partial charge is 0.492 e. The number of alkyl halides is 3. The van der Waals surface area contributed by atoms with Crippen molar-refractivity contribution in [2.24, 2.45) is 5.92 Å². The molecule has 1 saturated carbocycles. The van der Waals surface area contributed by atoms with Crippen LogP contribution in [0.2, 0.25) is 0 Å². The molecule has 0 spiro atoms. The topological polar surface area (TPSA) is 69.9 Å². The van der Waals surface area contributed by atoms with Gasteiger partial charge in [0.25, 0.3) is 5.56 Å². The molecule has 0 aliphatic heterocycles. The second-order valence-corrected chi connectivity index (χ2v) is 9.55. The zero-order chi connectivity index (χ0) is 26.2. The van der Waals surface area contributed by atoms with Crippen LogP contribution >= 0.6 is 11.3 Å². The molecule has 0 N–H and O–H groups in total. The van der Waals surface area contributed by atoms with Crippen LogP contribution in [0.1, 0.15) is 40.2 Å². The summed E-state index contributed by atoms with van der Waals surface area (Å²) in [5.41, 5.74) is 2.36. The molecular formula is C27H21F3N2O4S. The molecule has 10 heteroatoms. The van der Waals surface area contributed by atoms with Crippen molar-refractivity contribution in [1.29, 1.82) is 0 Å². The molecule has 6 nitrogen and oxygen atoms in total. The maximum Gasteiger partial charge on any atom is 0.573 e. The molecule has 2 aromatic carbocycles. The van der Waals surface area contributed by atoms with Crippen LogP contribution in [0.5, 0.6) is 11.5 Å². The third-order valence-corrected chi connectivity index (χ3v) is 6.87. The minimum absolute atomic E-state index is 0.223. The van der Waals surface area contributed by atoms with Crippen molar-refractivity contribution in [1.82, 2.24) is 9.38 Å². The first-order chi connectivity index (χ1) is 17.7. The number of hydrogen-bond acceptors (Lipinski definition) is 6. The average molecular weight is 527 g/mol. The number of rotatable bonds is 8. The highest BCUT2D eigenvalue weighted by Crippen LogP contribution is 2.33. The van der Waals surface area contributed by atoms with Gasteiger partial charge in [0.05, 0.1) is 23.4 Å². The molecule has 0 atom stereocenters. The molecule has 4 aromatic rings. The molecule has 0 saturated heterocycles. The standard InChI is InChI=1S/C27H21F3N2O4S/c1-16-15-37-26-31-22(12-9-19-3-2-4-20(13-33)24(19)35-14-17-5-6-17)23(25(34)32(16)26)18-7-10-21(11-8-18)36-27(28,29)30/h2-4,7-13,15,17H,5-6,14H2,1H3/b12-9+. The van der Waals surface area contributed by atoms with Crippen molar-refractivity contribution < 1.29 is 27.4 Å². The molecule has 37 heavy (non-hydrogen) atoms. The summed E-state index contributed by atoms with van der Waals surface area (Å²) in [6.45, 7) is 2.30. The predicted molar refractivity (Wildman–Crippen MR) is 135 cm³/mol. The van der Waals surface area contributed by atoms with Gasteiger partial charge in [0.1, 0.15) is 11.5 Å². The number of carbonyl (C=O) groups is 1. The number of hydrogen-bond donors (Lipinski definition) is 0. The Morgan fingerprint density at radius 3 is 2.51 bits per heavy atom. The quantitative estimate of drug-likeness (QED) is 0.249. The van der Waals surface area contributed by atoms with Gasteiger partial charge in [0.2, 0.25) is 0 Å². The van der Waals surface area contributed by atoms with Crippen LogP contribution in [0.15, 0.2) is 52.6 Å². The highest BCUT2D eigenvalue weighted by atomic mass is 32.1. The van der Waals surface area contributed by atoms with Crippen molar-refractivity contribution in [3.8, 4) is 22.6 Å². The lowest BCUT2D eigenvalue weighted by atomic mass is 10.0. The number of thiazole rings is 1. The second-order valence-electron chi connectivity index (χ2n) is 8.72. The summed E-state index contributed by atoms with van der Waals surface area (Å²) in [7, 11) is 0. The predicted octanol–water partition coefficient (Wildman–Crippen LogP) is 6.40. The number of aryl methyl sites for hydroxylation is 1. The van der Waals surface area contributed by atoms with E-state index in [-0.39, 0.29) is 11.1 Å². The summed E-state index contributed by atoms with van der Waals surface area (Å²) in [6.07, 6.45) is 1.48. The molecule has 1 aliphatic rings. The Morgan fingerprint density at radius 1 is 1.11 bits per heavy atom. The summed E-state index contributed by atoms with van der Waals surface area (Å²) in [6, 6.07) is 10.3. The Hall–Kier alpha value is -3.92. The Morgan fingerprint density at radius 2 is 1.84 bits per heavy atom. The van der Waals surface area contributed by atoms with Gasteiger partial charge >= 0.3 is 6.36 Å². The Balaban J connectivity index is 1.59. The van der Waals surface area contributed by atoms with E-state index in [1.165, 1.54) is 27.9 Å². The summed E-state index contributed by atoms with van der Waals surface area (Å²) in [4.78, 5) is 30.3. The highest BCUT2D eigenvalue weighted by molar-refractivity contribution is 7.15. The van der Waals surface area contributed by atoms with Gasteiger partial charge in [-0.2, -0.15) is 0 Å². The molecule has 2 aromatic heterocycles. The van der Waals surface area contributed by atoms with E-state index in [2.05, 4.69) is 9.72 Å². The number of aldehydes is 1. The zero-order valence-electron chi connectivity index (χ0n) is 19.6. The highest BCUT2D eigenvalue weighted by Gasteiger charge is 2.31. The first kappa shape index (κ1) is 24.8. The van der Waals surface area contributed by atoms with Gasteiger partial charge in [-0.3, -0.25) is 14.0 Å². The van der Waals surface area contributed by atoms with Crippen molar-refractivity contribution in [3.05, 3.63) is 80.7 Å². The van der Waals surface area contributed by atoms with Crippen LogP contribution in [-0.2, 0) is 0 Å². The second kappa shape index (κ2) is 9.85. The fourth-order valence-corrected chi connectivity index (χ4v) is 4.80. The fourth-order valence-electron chi connectivity index (χ4n) is 3.93. The zero-order valence-corrected chi connectivity index (χ0v) is 20.4. The average Bonchev–Trinajstić information content (AvgIpc) is 3.62. The number of ether oxygens (including phenoxy) is 2. The number of carbonyl (C=O) groups excluding carboxylic acids is 1. The van der Waals surface area contributed by atoms with Crippen molar-refractivity contribution in [3.63, 3.8) is 0 Å². The lowest BCUT2D eigenvalue weighted by Gasteiger charge is -2.12. The number of aromatic nitrogens is 2. The normalized spacial score (nSPS) is 13.8. The molecule has 1 fully saturated rings. The van der Waals surface area contributed by atoms with Gasteiger partial charge in [-0.05, 0) is 61.6 Å². The Labute approximate surface area is 213 Å². The van der Waals surface area contributed by atoms with Crippen molar-refractivity contribution in [2.45, 2.75) is 26.1 Å². The monoisotopic (exact) mass is 526 g/mol. The minimum atomic E-state index is -4.82. The molecule has 190 valence electrons. The van der Waals surface area contributed by atoms with Gasteiger partial charge in [-0.1, -0.05) is 24.3 Å². The Bertz CT molecular complexity index is 1550. The number of halogens is 3. The van der Waals surface area contributed by atoms with E-state index < -0.39 is 12.1 Å². The van der Waals surface area contributed by atoms with E-state index in [0.29, 0.717) is 51.3 Å². The van der Waals surface area contributed by atoms with Gasteiger partial charge in [-0.25, -0.2) is 4.98 Å². The van der Waals surface area contributed by atoms with Gasteiger partial charge < -0.3 is 9.47 Å². The third-order valence-electron chi connectivity index (χ3n) is 5.93. The molecule has 5 rings (SSSR count). The third kappa shape index (κ3) is 5.43. The lowest BCUT2D eigenvalue weighted by molar-refractivity contribution is -0.274. The summed E-state index contributed by atoms with van der Waals surface area (Å²) in [5.74, 6) is 0.552. The number of nitrogens with zero attached hydrogens (tertiary/aromatic N) is 2. The summed E-state index contributed by atoms with van der Waals surface area (Å²) >= 11 is 1.31. The number of fused-ring (bicyclic) bond motifs is 1.